The summed E-state index contributed by atoms with van der Waals surface area (Å²) < 4.78 is 1.44. The third-order valence-corrected chi connectivity index (χ3v) is 5.99. The predicted molar refractivity (Wildman–Crippen MR) is 105 cm³/mol. The number of benzene rings is 1. The summed E-state index contributed by atoms with van der Waals surface area (Å²) in [6.45, 7) is 4.32. The molecule has 0 radical (unpaired) electrons. The Hall–Kier alpha value is -1.85. The Bertz CT molecular complexity index is 793. The van der Waals surface area contributed by atoms with E-state index < -0.39 is 0 Å². The van der Waals surface area contributed by atoms with Gasteiger partial charge >= 0.3 is 0 Å². The molecule has 0 bridgehead atoms. The molecule has 0 atom stereocenters. The maximum Gasteiger partial charge on any atom is 0.287 e. The molecule has 1 saturated carbocycles. The number of hydrogen-bond acceptors (Lipinski definition) is 4. The summed E-state index contributed by atoms with van der Waals surface area (Å²) in [5, 5.41) is 4.65. The van der Waals surface area contributed by atoms with E-state index in [1.807, 2.05) is 30.3 Å². The molecule has 1 aliphatic carbocycles. The van der Waals surface area contributed by atoms with Gasteiger partial charge in [0.2, 0.25) is 0 Å². The molecule has 0 N–H and O–H groups in total. The topological polar surface area (TPSA) is 41.4 Å². The summed E-state index contributed by atoms with van der Waals surface area (Å²) in [4.78, 5) is 17.4. The van der Waals surface area contributed by atoms with Crippen LogP contribution in [0.2, 0.25) is 5.02 Å². The van der Waals surface area contributed by atoms with Gasteiger partial charge in [-0.25, -0.2) is 4.68 Å². The van der Waals surface area contributed by atoms with Crippen LogP contribution in [0.25, 0.3) is 0 Å². The summed E-state index contributed by atoms with van der Waals surface area (Å²) in [7, 11) is 0. The largest absolute Gasteiger partial charge is 0.366 e. The van der Waals surface area contributed by atoms with Crippen molar-refractivity contribution in [1.82, 2.24) is 14.7 Å². The minimum absolute atomic E-state index is 0.216. The van der Waals surface area contributed by atoms with Crippen molar-refractivity contribution in [2.75, 3.05) is 31.1 Å². The van der Waals surface area contributed by atoms with E-state index in [2.05, 4.69) is 14.9 Å². The second-order valence-corrected chi connectivity index (χ2v) is 7.63. The van der Waals surface area contributed by atoms with Crippen LogP contribution in [0, 0.1) is 0 Å². The van der Waals surface area contributed by atoms with Crippen molar-refractivity contribution in [2.24, 2.45) is 0 Å². The molecule has 2 aromatic rings. The van der Waals surface area contributed by atoms with E-state index in [4.69, 9.17) is 11.6 Å². The Labute approximate surface area is 159 Å². The van der Waals surface area contributed by atoms with Crippen LogP contribution in [-0.2, 0) is 6.54 Å². The van der Waals surface area contributed by atoms with E-state index in [1.54, 1.807) is 6.20 Å². The molecular weight excluding hydrogens is 348 g/mol. The molecule has 138 valence electrons. The van der Waals surface area contributed by atoms with Crippen molar-refractivity contribution in [1.29, 1.82) is 0 Å². The highest BCUT2D eigenvalue weighted by atomic mass is 35.5. The van der Waals surface area contributed by atoms with Crippen molar-refractivity contribution in [3.63, 3.8) is 0 Å². The monoisotopic (exact) mass is 372 g/mol. The lowest BCUT2D eigenvalue weighted by Gasteiger charge is -2.39. The van der Waals surface area contributed by atoms with Gasteiger partial charge in [0.1, 0.15) is 5.02 Å². The maximum absolute atomic E-state index is 12.6. The number of halogens is 1. The van der Waals surface area contributed by atoms with Gasteiger partial charge in [-0.2, -0.15) is 5.10 Å². The summed E-state index contributed by atoms with van der Waals surface area (Å²) in [6.07, 6.45) is 7.13. The van der Waals surface area contributed by atoms with Crippen molar-refractivity contribution in [3.8, 4) is 0 Å². The summed E-state index contributed by atoms with van der Waals surface area (Å²) in [5.74, 6) is 0. The molecule has 0 spiro atoms. The average Bonchev–Trinajstić information content (AvgIpc) is 3.22. The Morgan fingerprint density at radius 1 is 1.04 bits per heavy atom. The lowest BCUT2D eigenvalue weighted by Crippen LogP contribution is -2.50. The lowest BCUT2D eigenvalue weighted by atomic mass is 10.1. The molecule has 0 amide bonds. The minimum atomic E-state index is -0.216. The summed E-state index contributed by atoms with van der Waals surface area (Å²) in [6, 6.07) is 10.6. The Morgan fingerprint density at radius 3 is 2.42 bits per heavy atom. The van der Waals surface area contributed by atoms with Crippen LogP contribution in [0.5, 0.6) is 0 Å². The van der Waals surface area contributed by atoms with Gasteiger partial charge in [-0.3, -0.25) is 9.69 Å². The first-order valence-electron chi connectivity index (χ1n) is 9.51. The molecule has 6 heteroatoms. The van der Waals surface area contributed by atoms with Crippen LogP contribution in [0.15, 0.2) is 41.3 Å². The second kappa shape index (κ2) is 7.80. The lowest BCUT2D eigenvalue weighted by molar-refractivity contribution is 0.187. The fourth-order valence-corrected chi connectivity index (χ4v) is 4.41. The zero-order valence-corrected chi connectivity index (χ0v) is 15.7. The first-order valence-corrected chi connectivity index (χ1v) is 9.89. The van der Waals surface area contributed by atoms with Crippen LogP contribution < -0.4 is 10.5 Å². The third kappa shape index (κ3) is 3.64. The van der Waals surface area contributed by atoms with Crippen LogP contribution in [0.1, 0.15) is 31.2 Å². The van der Waals surface area contributed by atoms with Crippen molar-refractivity contribution in [2.45, 2.75) is 38.3 Å². The first-order chi connectivity index (χ1) is 12.7. The Balaban J connectivity index is 1.46. The predicted octanol–water partition coefficient (Wildman–Crippen LogP) is 3.01. The standard InChI is InChI=1S/C20H25ClN4O/c21-19-18(24-12-10-23(11-13-24)17-8-4-5-9-17)14-22-25(20(19)26)15-16-6-2-1-3-7-16/h1-3,6-7,14,17H,4-5,8-13,15H2. The van der Waals surface area contributed by atoms with Crippen LogP contribution in [0.4, 0.5) is 5.69 Å². The SMILES string of the molecule is O=c1c(Cl)c(N2CCN(C3CCCC3)CC2)cnn1Cc1ccccc1. The first kappa shape index (κ1) is 17.6. The Morgan fingerprint density at radius 2 is 1.73 bits per heavy atom. The van der Waals surface area contributed by atoms with Gasteiger partial charge in [0.15, 0.2) is 0 Å². The fourth-order valence-electron chi connectivity index (χ4n) is 4.14. The molecule has 0 unspecified atom stereocenters. The molecule has 4 rings (SSSR count). The highest BCUT2D eigenvalue weighted by molar-refractivity contribution is 6.33. The second-order valence-electron chi connectivity index (χ2n) is 7.25. The zero-order chi connectivity index (χ0) is 17.9. The smallest absolute Gasteiger partial charge is 0.287 e. The number of hydrogen-bond donors (Lipinski definition) is 0. The normalized spacial score (nSPS) is 19.2. The van der Waals surface area contributed by atoms with Gasteiger partial charge in [0, 0.05) is 32.2 Å². The van der Waals surface area contributed by atoms with E-state index in [9.17, 15) is 4.79 Å². The highest BCUT2D eigenvalue weighted by Gasteiger charge is 2.27. The highest BCUT2D eigenvalue weighted by Crippen LogP contribution is 2.27. The summed E-state index contributed by atoms with van der Waals surface area (Å²) in [5.41, 5.74) is 1.59. The van der Waals surface area contributed by atoms with Gasteiger partial charge in [-0.15, -0.1) is 0 Å². The fraction of sp³-hybridized carbons (Fsp3) is 0.500. The number of aromatic nitrogens is 2. The molecule has 1 saturated heterocycles. The van der Waals surface area contributed by atoms with E-state index in [0.29, 0.717) is 6.54 Å². The third-order valence-electron chi connectivity index (χ3n) is 5.64. The van der Waals surface area contributed by atoms with Crippen molar-refractivity contribution < 1.29 is 0 Å². The molecule has 1 aliphatic heterocycles. The number of piperazine rings is 1. The molecule has 2 aliphatic rings. The maximum atomic E-state index is 12.6. The molecule has 2 heterocycles. The quantitative estimate of drug-likeness (QED) is 0.827. The molecule has 2 fully saturated rings. The number of nitrogens with zero attached hydrogens (tertiary/aromatic N) is 4. The van der Waals surface area contributed by atoms with Gasteiger partial charge in [0.05, 0.1) is 18.4 Å². The summed E-state index contributed by atoms with van der Waals surface area (Å²) >= 11 is 6.43. The van der Waals surface area contributed by atoms with Crippen LogP contribution >= 0.6 is 11.6 Å². The van der Waals surface area contributed by atoms with Crippen molar-refractivity contribution >= 4 is 17.3 Å². The van der Waals surface area contributed by atoms with Crippen LogP contribution in [-0.4, -0.2) is 46.9 Å². The van der Waals surface area contributed by atoms with E-state index in [-0.39, 0.29) is 10.6 Å². The molecule has 1 aromatic carbocycles. The number of anilines is 1. The van der Waals surface area contributed by atoms with E-state index >= 15 is 0 Å². The van der Waals surface area contributed by atoms with Gasteiger partial charge < -0.3 is 4.90 Å². The molecule has 26 heavy (non-hydrogen) atoms. The van der Waals surface area contributed by atoms with Gasteiger partial charge in [0.25, 0.3) is 5.56 Å². The Kier molecular flexibility index (Phi) is 5.27. The average molecular weight is 373 g/mol. The van der Waals surface area contributed by atoms with Crippen molar-refractivity contribution in [3.05, 3.63) is 57.5 Å². The molecule has 1 aromatic heterocycles. The van der Waals surface area contributed by atoms with E-state index in [0.717, 1.165) is 43.5 Å². The number of rotatable bonds is 4. The minimum Gasteiger partial charge on any atom is -0.366 e. The molecular formula is C20H25ClN4O. The van der Waals surface area contributed by atoms with Crippen LogP contribution in [0.3, 0.4) is 0 Å². The van der Waals surface area contributed by atoms with Gasteiger partial charge in [-0.1, -0.05) is 54.8 Å². The zero-order valence-electron chi connectivity index (χ0n) is 15.0. The molecule has 5 nitrogen and oxygen atoms in total. The van der Waals surface area contributed by atoms with E-state index in [1.165, 1.54) is 30.4 Å². The van der Waals surface area contributed by atoms with Gasteiger partial charge in [-0.05, 0) is 18.4 Å².